The van der Waals surface area contributed by atoms with E-state index in [0.717, 1.165) is 32.4 Å². The number of rotatable bonds is 3. The molecule has 88 valence electrons. The van der Waals surface area contributed by atoms with E-state index in [0.29, 0.717) is 0 Å². The molecule has 0 saturated heterocycles. The number of methoxy groups -OCH3 is 2. The van der Waals surface area contributed by atoms with Crippen molar-refractivity contribution in [3.05, 3.63) is 29.6 Å². The number of alkyl halides is 2. The molecule has 0 radical (unpaired) electrons. The van der Waals surface area contributed by atoms with Crippen molar-refractivity contribution in [3.63, 3.8) is 0 Å². The third-order valence-electron chi connectivity index (χ3n) is 1.95. The first kappa shape index (κ1) is 12.4. The summed E-state index contributed by atoms with van der Waals surface area (Å²) in [5.41, 5.74) is -0.859. The van der Waals surface area contributed by atoms with Gasteiger partial charge in [0.25, 0.3) is 0 Å². The number of hydrogen-bond acceptors (Lipinski definition) is 3. The van der Waals surface area contributed by atoms with E-state index in [1.165, 1.54) is 0 Å². The van der Waals surface area contributed by atoms with Gasteiger partial charge in [-0.1, -0.05) is 6.07 Å². The zero-order valence-electron chi connectivity index (χ0n) is 8.59. The van der Waals surface area contributed by atoms with Gasteiger partial charge in [0.1, 0.15) is 0 Å². The maximum Gasteiger partial charge on any atom is 0.381 e. The van der Waals surface area contributed by atoms with E-state index in [-0.39, 0.29) is 0 Å². The number of esters is 1. The molecule has 16 heavy (non-hydrogen) atoms. The van der Waals surface area contributed by atoms with Gasteiger partial charge < -0.3 is 9.47 Å². The molecule has 0 aliphatic rings. The molecule has 0 fully saturated rings. The fourth-order valence-corrected chi connectivity index (χ4v) is 1.20. The molecule has 0 bridgehead atoms. The Kier molecular flexibility index (Phi) is 3.41. The maximum absolute atomic E-state index is 13.5. The summed E-state index contributed by atoms with van der Waals surface area (Å²) in [5, 5.41) is 0. The highest BCUT2D eigenvalue weighted by molar-refractivity contribution is 5.80. The summed E-state index contributed by atoms with van der Waals surface area (Å²) < 4.78 is 48.5. The highest BCUT2D eigenvalue weighted by Gasteiger charge is 2.45. The SMILES string of the molecule is COC(=O)C(F)(F)c1cccc(F)c1OC. The monoisotopic (exact) mass is 234 g/mol. The molecule has 0 aliphatic carbocycles. The lowest BCUT2D eigenvalue weighted by Gasteiger charge is -2.16. The summed E-state index contributed by atoms with van der Waals surface area (Å²) in [6.07, 6.45) is 0. The fourth-order valence-electron chi connectivity index (χ4n) is 1.20. The number of carbonyl (C=O) groups excluding carboxylic acids is 1. The molecule has 6 heteroatoms. The highest BCUT2D eigenvalue weighted by atomic mass is 19.3. The van der Waals surface area contributed by atoms with Crippen LogP contribution in [0.5, 0.6) is 5.75 Å². The average molecular weight is 234 g/mol. The number of benzene rings is 1. The minimum atomic E-state index is -3.94. The van der Waals surface area contributed by atoms with Crippen molar-refractivity contribution in [3.8, 4) is 5.75 Å². The van der Waals surface area contributed by atoms with Crippen LogP contribution in [0, 0.1) is 5.82 Å². The van der Waals surface area contributed by atoms with E-state index in [1.807, 2.05) is 0 Å². The first-order valence-corrected chi connectivity index (χ1v) is 4.24. The van der Waals surface area contributed by atoms with Gasteiger partial charge in [0.15, 0.2) is 11.6 Å². The molecule has 0 heterocycles. The van der Waals surface area contributed by atoms with Crippen LogP contribution in [0.15, 0.2) is 18.2 Å². The normalized spacial score (nSPS) is 11.1. The van der Waals surface area contributed by atoms with Gasteiger partial charge in [-0.15, -0.1) is 0 Å². The second-order valence-corrected chi connectivity index (χ2v) is 2.89. The van der Waals surface area contributed by atoms with Crippen LogP contribution in [-0.2, 0) is 15.5 Å². The zero-order chi connectivity index (χ0) is 12.3. The van der Waals surface area contributed by atoms with Gasteiger partial charge in [-0.2, -0.15) is 8.78 Å². The van der Waals surface area contributed by atoms with Crippen LogP contribution in [0.4, 0.5) is 13.2 Å². The van der Waals surface area contributed by atoms with Crippen LogP contribution >= 0.6 is 0 Å². The van der Waals surface area contributed by atoms with Gasteiger partial charge in [0.2, 0.25) is 0 Å². The molecule has 1 rings (SSSR count). The third kappa shape index (κ3) is 1.95. The Balaban J connectivity index is 3.32. The Bertz CT molecular complexity index is 404. The molecule has 0 N–H and O–H groups in total. The van der Waals surface area contributed by atoms with E-state index in [1.54, 1.807) is 0 Å². The number of halogens is 3. The van der Waals surface area contributed by atoms with Crippen LogP contribution in [-0.4, -0.2) is 20.2 Å². The summed E-state index contributed by atoms with van der Waals surface area (Å²) >= 11 is 0. The second kappa shape index (κ2) is 4.42. The lowest BCUT2D eigenvalue weighted by molar-refractivity contribution is -0.170. The Hall–Kier alpha value is -1.72. The number of carbonyl (C=O) groups is 1. The Morgan fingerprint density at radius 2 is 1.94 bits per heavy atom. The molecule has 0 amide bonds. The van der Waals surface area contributed by atoms with Crippen molar-refractivity contribution in [1.29, 1.82) is 0 Å². The molecule has 0 aromatic heterocycles. The predicted molar refractivity (Wildman–Crippen MR) is 48.9 cm³/mol. The van der Waals surface area contributed by atoms with Crippen molar-refractivity contribution >= 4 is 5.97 Å². The molecule has 0 spiro atoms. The summed E-state index contributed by atoms with van der Waals surface area (Å²) in [4.78, 5) is 10.9. The summed E-state index contributed by atoms with van der Waals surface area (Å²) in [5.74, 6) is -7.35. The van der Waals surface area contributed by atoms with Crippen LogP contribution in [0.3, 0.4) is 0 Å². The first-order valence-electron chi connectivity index (χ1n) is 4.24. The molecule has 0 atom stereocenters. The van der Waals surface area contributed by atoms with Gasteiger partial charge in [-0.25, -0.2) is 9.18 Å². The minimum Gasteiger partial charge on any atom is -0.493 e. The van der Waals surface area contributed by atoms with E-state index in [9.17, 15) is 18.0 Å². The molecule has 1 aromatic carbocycles. The first-order chi connectivity index (χ1) is 7.45. The van der Waals surface area contributed by atoms with E-state index >= 15 is 0 Å². The summed E-state index contributed by atoms with van der Waals surface area (Å²) in [6.45, 7) is 0. The van der Waals surface area contributed by atoms with Crippen molar-refractivity contribution in [1.82, 2.24) is 0 Å². The van der Waals surface area contributed by atoms with Crippen molar-refractivity contribution < 1.29 is 27.4 Å². The largest absolute Gasteiger partial charge is 0.493 e. The Morgan fingerprint density at radius 3 is 2.44 bits per heavy atom. The molecule has 0 aliphatic heterocycles. The third-order valence-corrected chi connectivity index (χ3v) is 1.95. The molecule has 1 aromatic rings. The Labute approximate surface area is 89.8 Å². The van der Waals surface area contributed by atoms with Crippen molar-refractivity contribution in [2.75, 3.05) is 14.2 Å². The summed E-state index contributed by atoms with van der Waals surface area (Å²) in [7, 11) is 1.86. The number of hydrogen-bond donors (Lipinski definition) is 0. The van der Waals surface area contributed by atoms with E-state index in [2.05, 4.69) is 9.47 Å². The second-order valence-electron chi connectivity index (χ2n) is 2.89. The predicted octanol–water partition coefficient (Wildman–Crippen LogP) is 2.10. The van der Waals surface area contributed by atoms with Crippen LogP contribution in [0.1, 0.15) is 5.56 Å². The highest BCUT2D eigenvalue weighted by Crippen LogP contribution is 2.37. The quantitative estimate of drug-likeness (QED) is 0.751. The Morgan fingerprint density at radius 1 is 1.31 bits per heavy atom. The molecule has 0 saturated carbocycles. The van der Waals surface area contributed by atoms with Gasteiger partial charge in [-0.05, 0) is 12.1 Å². The van der Waals surface area contributed by atoms with Gasteiger partial charge in [0, 0.05) is 0 Å². The van der Waals surface area contributed by atoms with Gasteiger partial charge >= 0.3 is 11.9 Å². The van der Waals surface area contributed by atoms with Gasteiger partial charge in [0.05, 0.1) is 19.8 Å². The lowest BCUT2D eigenvalue weighted by atomic mass is 10.1. The van der Waals surface area contributed by atoms with E-state index < -0.39 is 29.0 Å². The summed E-state index contributed by atoms with van der Waals surface area (Å²) in [6, 6.07) is 2.92. The number of para-hydroxylation sites is 1. The van der Waals surface area contributed by atoms with Crippen molar-refractivity contribution in [2.24, 2.45) is 0 Å². The maximum atomic E-state index is 13.5. The van der Waals surface area contributed by atoms with Gasteiger partial charge in [-0.3, -0.25) is 0 Å². The topological polar surface area (TPSA) is 35.5 Å². The van der Waals surface area contributed by atoms with Crippen LogP contribution < -0.4 is 4.74 Å². The smallest absolute Gasteiger partial charge is 0.381 e. The van der Waals surface area contributed by atoms with Crippen molar-refractivity contribution in [2.45, 2.75) is 5.92 Å². The molecular formula is C10H9F3O3. The average Bonchev–Trinajstić information content (AvgIpc) is 2.27. The molecular weight excluding hydrogens is 225 g/mol. The minimum absolute atomic E-state index is 0.669. The van der Waals surface area contributed by atoms with Crippen LogP contribution in [0.25, 0.3) is 0 Å². The van der Waals surface area contributed by atoms with E-state index in [4.69, 9.17) is 0 Å². The molecule has 0 unspecified atom stereocenters. The van der Waals surface area contributed by atoms with Crippen LogP contribution in [0.2, 0.25) is 0 Å². The standard InChI is InChI=1S/C10H9F3O3/c1-15-8-6(4-3-5-7(8)11)10(12,13)9(14)16-2/h3-5H,1-2H3. The zero-order valence-corrected chi connectivity index (χ0v) is 8.59. The fraction of sp³-hybridized carbons (Fsp3) is 0.300. The lowest BCUT2D eigenvalue weighted by Crippen LogP contribution is -2.28. The number of ether oxygens (including phenoxy) is 2. The molecule has 3 nitrogen and oxygen atoms in total.